The van der Waals surface area contributed by atoms with E-state index in [1.807, 2.05) is 31.4 Å². The van der Waals surface area contributed by atoms with E-state index < -0.39 is 0 Å². The summed E-state index contributed by atoms with van der Waals surface area (Å²) in [7, 11) is 1.87. The predicted octanol–water partition coefficient (Wildman–Crippen LogP) is 3.93. The van der Waals surface area contributed by atoms with E-state index in [-0.39, 0.29) is 5.91 Å². The fourth-order valence-corrected chi connectivity index (χ4v) is 2.82. The normalized spacial score (nSPS) is 10.9. The van der Waals surface area contributed by atoms with Crippen LogP contribution in [0.5, 0.6) is 0 Å². The molecule has 118 valence electrons. The number of rotatable bonds is 5. The third-order valence-electron chi connectivity index (χ3n) is 4.29. The number of hydrogen-bond acceptors (Lipinski definition) is 1. The minimum atomic E-state index is 0.134. The Hall–Kier alpha value is -2.55. The Kier molecular flexibility index (Phi) is 4.47. The number of aromatic nitrogens is 1. The Balaban J connectivity index is 1.67. The van der Waals surface area contributed by atoms with Gasteiger partial charge in [0.15, 0.2) is 0 Å². The summed E-state index contributed by atoms with van der Waals surface area (Å²) in [6, 6.07) is 16.6. The van der Waals surface area contributed by atoms with Gasteiger partial charge in [0, 0.05) is 30.7 Å². The highest BCUT2D eigenvalue weighted by Gasteiger charge is 2.13. The first-order valence-corrected chi connectivity index (χ1v) is 8.04. The predicted molar refractivity (Wildman–Crippen MR) is 94.3 cm³/mol. The molecule has 0 bridgehead atoms. The van der Waals surface area contributed by atoms with Gasteiger partial charge in [0.1, 0.15) is 0 Å². The molecule has 3 heteroatoms. The van der Waals surface area contributed by atoms with E-state index in [4.69, 9.17) is 0 Å². The highest BCUT2D eigenvalue weighted by Crippen LogP contribution is 2.19. The van der Waals surface area contributed by atoms with Crippen LogP contribution in [0.3, 0.4) is 0 Å². The first-order chi connectivity index (χ1) is 11.2. The largest absolute Gasteiger partial charge is 0.361 e. The average Bonchev–Trinajstić information content (AvgIpc) is 2.98. The molecule has 23 heavy (non-hydrogen) atoms. The molecule has 0 saturated heterocycles. The number of carbonyl (C=O) groups excluding carboxylic acids is 1. The standard InChI is InChI=1S/C20H22N2O/c1-3-15-8-10-16(11-9-15)14-22(2)20(23)12-17-13-21-19-7-5-4-6-18(17)19/h4-11,13,21H,3,12,14H2,1-2H3. The Morgan fingerprint density at radius 3 is 2.48 bits per heavy atom. The van der Waals surface area contributed by atoms with Crippen LogP contribution in [-0.4, -0.2) is 22.8 Å². The maximum atomic E-state index is 12.5. The van der Waals surface area contributed by atoms with Crippen LogP contribution in [-0.2, 0) is 24.2 Å². The first kappa shape index (κ1) is 15.3. The Morgan fingerprint density at radius 2 is 1.74 bits per heavy atom. The average molecular weight is 306 g/mol. The molecule has 1 amide bonds. The van der Waals surface area contributed by atoms with Crippen molar-refractivity contribution < 1.29 is 4.79 Å². The second kappa shape index (κ2) is 6.69. The van der Waals surface area contributed by atoms with Crippen LogP contribution >= 0.6 is 0 Å². The highest BCUT2D eigenvalue weighted by molar-refractivity contribution is 5.88. The molecule has 0 aliphatic heterocycles. The lowest BCUT2D eigenvalue weighted by molar-refractivity contribution is -0.129. The molecule has 2 aromatic carbocycles. The summed E-state index contributed by atoms with van der Waals surface area (Å²) < 4.78 is 0. The molecule has 1 aromatic heterocycles. The molecular weight excluding hydrogens is 284 g/mol. The van der Waals surface area contributed by atoms with Crippen LogP contribution in [0.4, 0.5) is 0 Å². The van der Waals surface area contributed by atoms with Crippen molar-refractivity contribution >= 4 is 16.8 Å². The van der Waals surface area contributed by atoms with Gasteiger partial charge >= 0.3 is 0 Å². The molecule has 0 aliphatic carbocycles. The van der Waals surface area contributed by atoms with Gasteiger partial charge in [-0.25, -0.2) is 0 Å². The summed E-state index contributed by atoms with van der Waals surface area (Å²) in [5.74, 6) is 0.134. The van der Waals surface area contributed by atoms with Gasteiger partial charge in [0.2, 0.25) is 5.91 Å². The molecule has 0 unspecified atom stereocenters. The van der Waals surface area contributed by atoms with Crippen LogP contribution in [0.15, 0.2) is 54.7 Å². The van der Waals surface area contributed by atoms with Gasteiger partial charge in [-0.2, -0.15) is 0 Å². The third kappa shape index (κ3) is 3.45. The topological polar surface area (TPSA) is 36.1 Å². The van der Waals surface area contributed by atoms with Gasteiger partial charge in [-0.15, -0.1) is 0 Å². The molecule has 0 atom stereocenters. The molecule has 0 aliphatic rings. The number of nitrogens with zero attached hydrogens (tertiary/aromatic N) is 1. The lowest BCUT2D eigenvalue weighted by atomic mass is 10.1. The first-order valence-electron chi connectivity index (χ1n) is 8.04. The SMILES string of the molecule is CCc1ccc(CN(C)C(=O)Cc2c[nH]c3ccccc23)cc1. The van der Waals surface area contributed by atoms with E-state index in [1.165, 1.54) is 5.56 Å². The number of benzene rings is 2. The second-order valence-electron chi connectivity index (χ2n) is 5.96. The van der Waals surface area contributed by atoms with E-state index >= 15 is 0 Å². The van der Waals surface area contributed by atoms with E-state index in [2.05, 4.69) is 42.2 Å². The number of likely N-dealkylation sites (N-methyl/N-ethyl adjacent to an activating group) is 1. The molecule has 3 nitrogen and oxygen atoms in total. The van der Waals surface area contributed by atoms with Crippen LogP contribution in [0.1, 0.15) is 23.6 Å². The molecule has 1 N–H and O–H groups in total. The fourth-order valence-electron chi connectivity index (χ4n) is 2.82. The number of nitrogens with one attached hydrogen (secondary N) is 1. The van der Waals surface area contributed by atoms with E-state index in [9.17, 15) is 4.79 Å². The molecular formula is C20H22N2O. The van der Waals surface area contributed by atoms with Crippen LogP contribution in [0, 0.1) is 0 Å². The van der Waals surface area contributed by atoms with Crippen molar-refractivity contribution in [2.24, 2.45) is 0 Å². The molecule has 0 radical (unpaired) electrons. The van der Waals surface area contributed by atoms with Crippen molar-refractivity contribution in [1.29, 1.82) is 0 Å². The smallest absolute Gasteiger partial charge is 0.227 e. The minimum Gasteiger partial charge on any atom is -0.361 e. The van der Waals surface area contributed by atoms with Crippen molar-refractivity contribution in [2.45, 2.75) is 26.3 Å². The second-order valence-corrected chi connectivity index (χ2v) is 5.96. The van der Waals surface area contributed by atoms with E-state index in [1.54, 1.807) is 4.90 Å². The van der Waals surface area contributed by atoms with Crippen molar-refractivity contribution in [3.63, 3.8) is 0 Å². The lowest BCUT2D eigenvalue weighted by Crippen LogP contribution is -2.27. The fraction of sp³-hybridized carbons (Fsp3) is 0.250. The van der Waals surface area contributed by atoms with Crippen molar-refractivity contribution in [3.05, 3.63) is 71.4 Å². The summed E-state index contributed by atoms with van der Waals surface area (Å²) in [4.78, 5) is 17.5. The molecule has 3 aromatic rings. The number of para-hydroxylation sites is 1. The monoisotopic (exact) mass is 306 g/mol. The van der Waals surface area contributed by atoms with E-state index in [0.717, 1.165) is 28.5 Å². The van der Waals surface area contributed by atoms with Gasteiger partial charge in [-0.3, -0.25) is 4.79 Å². The maximum Gasteiger partial charge on any atom is 0.227 e. The zero-order valence-electron chi connectivity index (χ0n) is 13.7. The lowest BCUT2D eigenvalue weighted by Gasteiger charge is -2.17. The third-order valence-corrected chi connectivity index (χ3v) is 4.29. The number of aryl methyl sites for hydroxylation is 1. The highest BCUT2D eigenvalue weighted by atomic mass is 16.2. The van der Waals surface area contributed by atoms with Crippen molar-refractivity contribution in [1.82, 2.24) is 9.88 Å². The Bertz CT molecular complexity index is 802. The van der Waals surface area contributed by atoms with Gasteiger partial charge in [0.25, 0.3) is 0 Å². The molecule has 1 heterocycles. The van der Waals surface area contributed by atoms with Crippen LogP contribution < -0.4 is 0 Å². The summed E-state index contributed by atoms with van der Waals surface area (Å²) in [6.07, 6.45) is 3.40. The van der Waals surface area contributed by atoms with Crippen LogP contribution in [0.25, 0.3) is 10.9 Å². The number of hydrogen-bond donors (Lipinski definition) is 1. The van der Waals surface area contributed by atoms with Gasteiger partial charge in [0.05, 0.1) is 6.42 Å². The molecule has 3 rings (SSSR count). The number of aromatic amines is 1. The van der Waals surface area contributed by atoms with E-state index in [0.29, 0.717) is 13.0 Å². The zero-order chi connectivity index (χ0) is 16.2. The van der Waals surface area contributed by atoms with Gasteiger partial charge < -0.3 is 9.88 Å². The van der Waals surface area contributed by atoms with Crippen LogP contribution in [0.2, 0.25) is 0 Å². The quantitative estimate of drug-likeness (QED) is 0.761. The number of carbonyl (C=O) groups is 1. The van der Waals surface area contributed by atoms with Crippen molar-refractivity contribution in [3.8, 4) is 0 Å². The minimum absolute atomic E-state index is 0.134. The number of fused-ring (bicyclic) bond motifs is 1. The number of amides is 1. The molecule has 0 spiro atoms. The summed E-state index contributed by atoms with van der Waals surface area (Å²) >= 11 is 0. The number of H-pyrrole nitrogens is 1. The Morgan fingerprint density at radius 1 is 1.04 bits per heavy atom. The van der Waals surface area contributed by atoms with Crippen molar-refractivity contribution in [2.75, 3.05) is 7.05 Å². The summed E-state index contributed by atoms with van der Waals surface area (Å²) in [5.41, 5.74) is 4.62. The summed E-state index contributed by atoms with van der Waals surface area (Å²) in [6.45, 7) is 2.79. The maximum absolute atomic E-state index is 12.5. The molecule has 0 saturated carbocycles. The van der Waals surface area contributed by atoms with Gasteiger partial charge in [-0.05, 0) is 29.2 Å². The Labute approximate surface area is 136 Å². The summed E-state index contributed by atoms with van der Waals surface area (Å²) in [5, 5.41) is 1.13. The molecule has 0 fully saturated rings. The van der Waals surface area contributed by atoms with Gasteiger partial charge in [-0.1, -0.05) is 49.4 Å². The zero-order valence-corrected chi connectivity index (χ0v) is 13.7.